The van der Waals surface area contributed by atoms with Gasteiger partial charge in [0.2, 0.25) is 0 Å². The Morgan fingerprint density at radius 3 is 1.13 bits per heavy atom. The van der Waals surface area contributed by atoms with Crippen LogP contribution in [0.3, 0.4) is 0 Å². The standard InChI is InChI=1S/C26H54O2Si2/c1-19-13-15-21(23(17-19)27-29(7,8)9)25(3,4)26(5,6)22-16-14-20(2)18-24(22)28-30(10,11)12/h19-24H,13-18H2,1-12H3/t19-,20-,21-,22-,23?,24?/m1/s1. The van der Waals surface area contributed by atoms with Gasteiger partial charge in [0.15, 0.2) is 16.6 Å². The van der Waals surface area contributed by atoms with Crippen molar-refractivity contribution in [1.82, 2.24) is 0 Å². The quantitative estimate of drug-likeness (QED) is 0.360. The van der Waals surface area contributed by atoms with Crippen LogP contribution in [0, 0.1) is 34.5 Å². The average molecular weight is 455 g/mol. The Bertz CT molecular complexity index is 508. The second-order valence-corrected chi connectivity index (χ2v) is 23.0. The lowest BCUT2D eigenvalue weighted by atomic mass is 9.50. The van der Waals surface area contributed by atoms with Crippen molar-refractivity contribution in [2.24, 2.45) is 34.5 Å². The molecule has 0 saturated heterocycles. The summed E-state index contributed by atoms with van der Waals surface area (Å²) in [6.45, 7) is 29.3. The Labute approximate surface area is 191 Å². The molecule has 2 aliphatic rings. The molecule has 6 atom stereocenters. The molecule has 0 spiro atoms. The highest BCUT2D eigenvalue weighted by Crippen LogP contribution is 2.58. The molecule has 4 heteroatoms. The predicted molar refractivity (Wildman–Crippen MR) is 137 cm³/mol. The van der Waals surface area contributed by atoms with E-state index in [0.29, 0.717) is 24.0 Å². The SMILES string of the molecule is C[C@@H]1CC[C@@H](C(C)(C)C(C)(C)[C@@H]2CC[C@@H](C)CC2O[Si](C)(C)C)C(O[Si](C)(C)C)C1. The molecule has 2 rings (SSSR count). The highest BCUT2D eigenvalue weighted by Gasteiger charge is 2.54. The molecule has 0 amide bonds. The zero-order valence-electron chi connectivity index (χ0n) is 22.5. The maximum Gasteiger partial charge on any atom is 0.184 e. The summed E-state index contributed by atoms with van der Waals surface area (Å²) in [5.74, 6) is 2.87. The van der Waals surface area contributed by atoms with Crippen molar-refractivity contribution in [3.63, 3.8) is 0 Å². The smallest absolute Gasteiger partial charge is 0.184 e. The summed E-state index contributed by atoms with van der Waals surface area (Å²) < 4.78 is 13.7. The van der Waals surface area contributed by atoms with Crippen LogP contribution < -0.4 is 0 Å². The molecule has 2 fully saturated rings. The van der Waals surface area contributed by atoms with Gasteiger partial charge in [-0.15, -0.1) is 0 Å². The zero-order valence-corrected chi connectivity index (χ0v) is 24.5. The minimum absolute atomic E-state index is 0.226. The summed E-state index contributed by atoms with van der Waals surface area (Å²) in [6.07, 6.45) is 8.67. The fourth-order valence-electron chi connectivity index (χ4n) is 6.43. The lowest BCUT2D eigenvalue weighted by Crippen LogP contribution is -2.55. The van der Waals surface area contributed by atoms with Gasteiger partial charge in [0.25, 0.3) is 0 Å². The van der Waals surface area contributed by atoms with Crippen LogP contribution in [0.15, 0.2) is 0 Å². The highest BCUT2D eigenvalue weighted by molar-refractivity contribution is 6.70. The van der Waals surface area contributed by atoms with Crippen molar-refractivity contribution in [3.8, 4) is 0 Å². The van der Waals surface area contributed by atoms with Crippen molar-refractivity contribution >= 4 is 16.6 Å². The Kier molecular flexibility index (Phi) is 8.25. The van der Waals surface area contributed by atoms with Gasteiger partial charge >= 0.3 is 0 Å². The van der Waals surface area contributed by atoms with Crippen LogP contribution in [0.1, 0.15) is 80.1 Å². The molecule has 0 heterocycles. The Hall–Kier alpha value is 0.354. The van der Waals surface area contributed by atoms with Crippen LogP contribution in [-0.2, 0) is 8.85 Å². The molecule has 178 valence electrons. The molecule has 30 heavy (non-hydrogen) atoms. The van der Waals surface area contributed by atoms with Gasteiger partial charge < -0.3 is 8.85 Å². The maximum atomic E-state index is 6.87. The molecule has 0 bridgehead atoms. The third-order valence-corrected chi connectivity index (χ3v) is 10.7. The van der Waals surface area contributed by atoms with Crippen LogP contribution in [0.2, 0.25) is 39.3 Å². The van der Waals surface area contributed by atoms with E-state index in [4.69, 9.17) is 8.85 Å². The molecular formula is C26H54O2Si2. The summed E-state index contributed by atoms with van der Waals surface area (Å²) in [5.41, 5.74) is 0.452. The normalized spacial score (nSPS) is 34.8. The Morgan fingerprint density at radius 2 is 0.867 bits per heavy atom. The van der Waals surface area contributed by atoms with E-state index in [9.17, 15) is 0 Å². The van der Waals surface area contributed by atoms with Gasteiger partial charge in [-0.25, -0.2) is 0 Å². The van der Waals surface area contributed by atoms with Gasteiger partial charge in [0.1, 0.15) is 0 Å². The highest BCUT2D eigenvalue weighted by atomic mass is 28.4. The van der Waals surface area contributed by atoms with E-state index in [-0.39, 0.29) is 10.8 Å². The molecule has 2 saturated carbocycles. The molecule has 0 aromatic heterocycles. The molecular weight excluding hydrogens is 400 g/mol. The van der Waals surface area contributed by atoms with Crippen molar-refractivity contribution < 1.29 is 8.85 Å². The molecule has 0 aromatic carbocycles. The molecule has 0 aromatic rings. The monoisotopic (exact) mass is 454 g/mol. The third-order valence-electron chi connectivity index (χ3n) is 8.63. The lowest BCUT2D eigenvalue weighted by molar-refractivity contribution is -0.116. The first-order valence-electron chi connectivity index (χ1n) is 12.8. The Morgan fingerprint density at radius 1 is 0.567 bits per heavy atom. The van der Waals surface area contributed by atoms with Gasteiger partial charge in [-0.3, -0.25) is 0 Å². The van der Waals surface area contributed by atoms with E-state index in [1.54, 1.807) is 0 Å². The van der Waals surface area contributed by atoms with E-state index in [2.05, 4.69) is 80.8 Å². The van der Waals surface area contributed by atoms with Gasteiger partial charge in [0, 0.05) is 12.2 Å². The Balaban J connectivity index is 2.33. The summed E-state index contributed by atoms with van der Waals surface area (Å²) in [6, 6.07) is 0. The van der Waals surface area contributed by atoms with E-state index in [0.717, 1.165) is 11.8 Å². The van der Waals surface area contributed by atoms with E-state index >= 15 is 0 Å². The van der Waals surface area contributed by atoms with Gasteiger partial charge in [-0.2, -0.15) is 0 Å². The molecule has 2 nitrogen and oxygen atoms in total. The third kappa shape index (κ3) is 6.45. The van der Waals surface area contributed by atoms with Crippen LogP contribution in [0.5, 0.6) is 0 Å². The van der Waals surface area contributed by atoms with Crippen molar-refractivity contribution in [1.29, 1.82) is 0 Å². The fraction of sp³-hybridized carbons (Fsp3) is 1.00. The van der Waals surface area contributed by atoms with E-state index < -0.39 is 16.6 Å². The zero-order chi connectivity index (χ0) is 23.1. The predicted octanol–water partition coefficient (Wildman–Crippen LogP) is 8.35. The first kappa shape index (κ1) is 26.6. The van der Waals surface area contributed by atoms with Crippen LogP contribution in [-0.4, -0.2) is 28.8 Å². The van der Waals surface area contributed by atoms with Crippen molar-refractivity contribution in [2.45, 2.75) is 132 Å². The lowest BCUT2D eigenvalue weighted by Gasteiger charge is -2.58. The van der Waals surface area contributed by atoms with Crippen LogP contribution in [0.25, 0.3) is 0 Å². The van der Waals surface area contributed by atoms with Gasteiger partial charge in [-0.1, -0.05) is 54.4 Å². The van der Waals surface area contributed by atoms with Gasteiger partial charge in [0.05, 0.1) is 0 Å². The summed E-state index contributed by atoms with van der Waals surface area (Å²) in [7, 11) is -3.13. The first-order chi connectivity index (χ1) is 13.4. The second-order valence-electron chi connectivity index (χ2n) is 14.0. The van der Waals surface area contributed by atoms with E-state index in [1.807, 2.05) is 0 Å². The summed E-state index contributed by atoms with van der Waals surface area (Å²) >= 11 is 0. The average Bonchev–Trinajstić information content (AvgIpc) is 2.51. The minimum atomic E-state index is -1.57. The number of hydrogen-bond acceptors (Lipinski definition) is 2. The van der Waals surface area contributed by atoms with E-state index in [1.165, 1.54) is 38.5 Å². The van der Waals surface area contributed by atoms with Crippen LogP contribution in [0.4, 0.5) is 0 Å². The summed E-state index contributed by atoms with van der Waals surface area (Å²) in [5, 5.41) is 0. The molecule has 0 N–H and O–H groups in total. The topological polar surface area (TPSA) is 18.5 Å². The molecule has 0 radical (unpaired) electrons. The van der Waals surface area contributed by atoms with Crippen LogP contribution >= 0.6 is 0 Å². The molecule has 2 unspecified atom stereocenters. The molecule has 0 aliphatic heterocycles. The molecule has 2 aliphatic carbocycles. The minimum Gasteiger partial charge on any atom is -0.414 e. The van der Waals surface area contributed by atoms with Gasteiger partial charge in [-0.05, 0) is 99.5 Å². The summed E-state index contributed by atoms with van der Waals surface area (Å²) in [4.78, 5) is 0. The van der Waals surface area contributed by atoms with Crippen molar-refractivity contribution in [2.75, 3.05) is 0 Å². The van der Waals surface area contributed by atoms with Crippen molar-refractivity contribution in [3.05, 3.63) is 0 Å². The number of rotatable bonds is 7. The first-order valence-corrected chi connectivity index (χ1v) is 19.6. The second kappa shape index (κ2) is 9.31. The number of hydrogen-bond donors (Lipinski definition) is 0. The maximum absolute atomic E-state index is 6.87. The fourth-order valence-corrected chi connectivity index (χ4v) is 8.77. The largest absolute Gasteiger partial charge is 0.414 e.